The summed E-state index contributed by atoms with van der Waals surface area (Å²) in [6.45, 7) is 3.88. The van der Waals surface area contributed by atoms with Gasteiger partial charge >= 0.3 is 0 Å². The Hall–Kier alpha value is -0.970. The van der Waals surface area contributed by atoms with Crippen LogP contribution < -0.4 is 5.73 Å². The predicted molar refractivity (Wildman–Crippen MR) is 72.3 cm³/mol. The highest BCUT2D eigenvalue weighted by Gasteiger charge is 2.37. The monoisotopic (exact) mass is 264 g/mol. The normalized spacial score (nSPS) is 30.3. The van der Waals surface area contributed by atoms with Gasteiger partial charge in [-0.15, -0.1) is 0 Å². The van der Waals surface area contributed by atoms with E-state index in [2.05, 4.69) is 4.90 Å². The molecule has 2 aliphatic rings. The molecule has 4 heteroatoms. The van der Waals surface area contributed by atoms with Crippen LogP contribution in [0.15, 0.2) is 24.3 Å². The summed E-state index contributed by atoms with van der Waals surface area (Å²) < 4.78 is 18.9. The minimum Gasteiger partial charge on any atom is -0.372 e. The average molecular weight is 264 g/mol. The van der Waals surface area contributed by atoms with Gasteiger partial charge in [0, 0.05) is 25.2 Å². The molecule has 1 aromatic carbocycles. The van der Waals surface area contributed by atoms with E-state index in [1.54, 1.807) is 0 Å². The van der Waals surface area contributed by atoms with Gasteiger partial charge in [-0.1, -0.05) is 12.1 Å². The number of benzene rings is 1. The highest BCUT2D eigenvalue weighted by molar-refractivity contribution is 5.22. The van der Waals surface area contributed by atoms with Crippen molar-refractivity contribution in [3.8, 4) is 0 Å². The van der Waals surface area contributed by atoms with Crippen LogP contribution in [0.1, 0.15) is 31.4 Å². The third-order valence-corrected chi connectivity index (χ3v) is 4.17. The molecule has 1 aromatic rings. The number of hydrogen-bond donors (Lipinski definition) is 1. The van der Waals surface area contributed by atoms with Gasteiger partial charge in [0.15, 0.2) is 0 Å². The Kier molecular flexibility index (Phi) is 3.56. The van der Waals surface area contributed by atoms with Crippen LogP contribution in [0.4, 0.5) is 4.39 Å². The van der Waals surface area contributed by atoms with E-state index in [4.69, 9.17) is 10.5 Å². The van der Waals surface area contributed by atoms with Crippen molar-refractivity contribution in [3.05, 3.63) is 35.6 Å². The Morgan fingerprint density at radius 3 is 2.32 bits per heavy atom. The third-order valence-electron chi connectivity index (χ3n) is 4.17. The lowest BCUT2D eigenvalue weighted by atomic mass is 9.98. The van der Waals surface area contributed by atoms with E-state index < -0.39 is 0 Å². The van der Waals surface area contributed by atoms with Crippen LogP contribution in [-0.2, 0) is 4.74 Å². The molecule has 2 heterocycles. The maximum absolute atomic E-state index is 13.1. The molecule has 0 aliphatic carbocycles. The second-order valence-corrected chi connectivity index (χ2v) is 5.77. The second kappa shape index (κ2) is 5.19. The van der Waals surface area contributed by atoms with Crippen molar-refractivity contribution in [1.82, 2.24) is 4.90 Å². The van der Waals surface area contributed by atoms with Crippen molar-refractivity contribution >= 4 is 0 Å². The predicted octanol–water partition coefficient (Wildman–Crippen LogP) is 2.08. The van der Waals surface area contributed by atoms with Crippen molar-refractivity contribution in [3.63, 3.8) is 0 Å². The Morgan fingerprint density at radius 1 is 1.21 bits per heavy atom. The molecule has 0 aromatic heterocycles. The molecule has 2 bridgehead atoms. The number of hydrogen-bond acceptors (Lipinski definition) is 3. The van der Waals surface area contributed by atoms with E-state index in [-0.39, 0.29) is 17.9 Å². The fourth-order valence-corrected chi connectivity index (χ4v) is 3.38. The van der Waals surface area contributed by atoms with Gasteiger partial charge in [-0.05, 0) is 37.5 Å². The SMILES string of the molecule is CC(N)C(c1ccc(F)cc1)N1CC2CCC(C1)O2. The molecule has 2 fully saturated rings. The molecule has 0 spiro atoms. The van der Waals surface area contributed by atoms with Crippen molar-refractivity contribution in [2.24, 2.45) is 5.73 Å². The minimum atomic E-state index is -0.200. The van der Waals surface area contributed by atoms with Crippen LogP contribution in [-0.4, -0.2) is 36.2 Å². The first-order valence-electron chi connectivity index (χ1n) is 7.04. The number of rotatable bonds is 3. The van der Waals surface area contributed by atoms with Crippen molar-refractivity contribution in [2.75, 3.05) is 13.1 Å². The van der Waals surface area contributed by atoms with Gasteiger partial charge in [0.25, 0.3) is 0 Å². The number of nitrogens with two attached hydrogens (primary N) is 1. The second-order valence-electron chi connectivity index (χ2n) is 5.77. The summed E-state index contributed by atoms with van der Waals surface area (Å²) in [6, 6.07) is 6.89. The van der Waals surface area contributed by atoms with Crippen molar-refractivity contribution < 1.29 is 9.13 Å². The van der Waals surface area contributed by atoms with Crippen LogP contribution in [0.5, 0.6) is 0 Å². The lowest BCUT2D eigenvalue weighted by Gasteiger charge is -2.40. The van der Waals surface area contributed by atoms with Gasteiger partial charge in [-0.25, -0.2) is 4.39 Å². The number of morpholine rings is 1. The first-order valence-corrected chi connectivity index (χ1v) is 7.04. The molecular weight excluding hydrogens is 243 g/mol. The molecule has 104 valence electrons. The largest absolute Gasteiger partial charge is 0.372 e. The maximum Gasteiger partial charge on any atom is 0.123 e. The molecule has 0 radical (unpaired) electrons. The van der Waals surface area contributed by atoms with E-state index in [1.807, 2.05) is 19.1 Å². The molecule has 19 heavy (non-hydrogen) atoms. The molecule has 4 unspecified atom stereocenters. The highest BCUT2D eigenvalue weighted by Crippen LogP contribution is 2.33. The third kappa shape index (κ3) is 2.66. The zero-order valence-electron chi connectivity index (χ0n) is 11.3. The minimum absolute atomic E-state index is 0.0166. The molecule has 0 saturated carbocycles. The molecule has 2 N–H and O–H groups in total. The average Bonchev–Trinajstić information content (AvgIpc) is 2.71. The molecule has 3 rings (SSSR count). The quantitative estimate of drug-likeness (QED) is 0.908. The molecule has 2 saturated heterocycles. The van der Waals surface area contributed by atoms with Crippen molar-refractivity contribution in [1.29, 1.82) is 0 Å². The number of halogens is 1. The Morgan fingerprint density at radius 2 is 1.79 bits per heavy atom. The maximum atomic E-state index is 13.1. The smallest absolute Gasteiger partial charge is 0.123 e. The van der Waals surface area contributed by atoms with Gasteiger partial charge < -0.3 is 10.5 Å². The van der Waals surface area contributed by atoms with Gasteiger partial charge in [0.2, 0.25) is 0 Å². The molecular formula is C15H21FN2O. The van der Waals surface area contributed by atoms with Crippen LogP contribution in [0.25, 0.3) is 0 Å². The summed E-state index contributed by atoms with van der Waals surface area (Å²) >= 11 is 0. The van der Waals surface area contributed by atoms with E-state index in [0.717, 1.165) is 31.5 Å². The first kappa shape index (κ1) is 13.0. The Bertz CT molecular complexity index is 422. The standard InChI is InChI=1S/C15H21FN2O/c1-10(17)15(11-2-4-12(16)5-3-11)18-8-13-6-7-14(9-18)19-13/h2-5,10,13-15H,6-9,17H2,1H3. The number of nitrogens with zero attached hydrogens (tertiary/aromatic N) is 1. The van der Waals surface area contributed by atoms with Gasteiger partial charge in [0.1, 0.15) is 5.82 Å². The summed E-state index contributed by atoms with van der Waals surface area (Å²) in [5.41, 5.74) is 7.27. The van der Waals surface area contributed by atoms with Crippen LogP contribution in [0.3, 0.4) is 0 Å². The molecule has 2 aliphatic heterocycles. The van der Waals surface area contributed by atoms with E-state index in [1.165, 1.54) is 12.1 Å². The lowest BCUT2D eigenvalue weighted by molar-refractivity contribution is -0.0559. The summed E-state index contributed by atoms with van der Waals surface area (Å²) in [7, 11) is 0. The summed E-state index contributed by atoms with van der Waals surface area (Å²) in [5, 5.41) is 0. The van der Waals surface area contributed by atoms with Gasteiger partial charge in [-0.2, -0.15) is 0 Å². The molecule has 3 nitrogen and oxygen atoms in total. The lowest BCUT2D eigenvalue weighted by Crippen LogP contribution is -2.48. The topological polar surface area (TPSA) is 38.5 Å². The Labute approximate surface area is 113 Å². The zero-order valence-corrected chi connectivity index (χ0v) is 11.3. The fourth-order valence-electron chi connectivity index (χ4n) is 3.38. The van der Waals surface area contributed by atoms with Crippen molar-refractivity contribution in [2.45, 2.75) is 44.1 Å². The number of ether oxygens (including phenoxy) is 1. The summed E-state index contributed by atoms with van der Waals surface area (Å²) in [5.74, 6) is -0.200. The van der Waals surface area contributed by atoms with Crippen LogP contribution in [0, 0.1) is 5.82 Å². The van der Waals surface area contributed by atoms with E-state index in [0.29, 0.717) is 12.2 Å². The van der Waals surface area contributed by atoms with E-state index >= 15 is 0 Å². The van der Waals surface area contributed by atoms with Crippen LogP contribution >= 0.6 is 0 Å². The molecule has 4 atom stereocenters. The zero-order chi connectivity index (χ0) is 13.4. The Balaban J connectivity index is 1.83. The summed E-state index contributed by atoms with van der Waals surface area (Å²) in [4.78, 5) is 2.41. The van der Waals surface area contributed by atoms with Gasteiger partial charge in [0.05, 0.1) is 12.2 Å². The number of fused-ring (bicyclic) bond motifs is 2. The molecule has 0 amide bonds. The first-order chi connectivity index (χ1) is 9.13. The number of likely N-dealkylation sites (tertiary alicyclic amines) is 1. The fraction of sp³-hybridized carbons (Fsp3) is 0.600. The highest BCUT2D eigenvalue weighted by atomic mass is 19.1. The van der Waals surface area contributed by atoms with Crippen LogP contribution in [0.2, 0.25) is 0 Å². The summed E-state index contributed by atoms with van der Waals surface area (Å²) in [6.07, 6.45) is 2.99. The van der Waals surface area contributed by atoms with Gasteiger partial charge in [-0.3, -0.25) is 4.90 Å². The van der Waals surface area contributed by atoms with E-state index in [9.17, 15) is 4.39 Å².